The Bertz CT molecular complexity index is 645. The molecule has 0 saturated carbocycles. The van der Waals surface area contributed by atoms with Crippen LogP contribution in [0, 0.1) is 0 Å². The van der Waals surface area contributed by atoms with Crippen LogP contribution in [0.5, 0.6) is 0 Å². The first kappa shape index (κ1) is 24.7. The maximum Gasteiger partial charge on any atom is 0.412 e. The predicted molar refractivity (Wildman–Crippen MR) is 124 cm³/mol. The number of amides is 1. The Labute approximate surface area is 184 Å². The fraction of sp³-hybridized carbons (Fsp3) is 0.731. The molecule has 4 nitrogen and oxygen atoms in total. The number of aryl methyl sites for hydroxylation is 2. The molecule has 1 aliphatic rings. The molecule has 170 valence electrons. The zero-order chi connectivity index (χ0) is 22.2. The topological polar surface area (TPSA) is 38.8 Å². The third kappa shape index (κ3) is 7.94. The number of rotatable bonds is 10. The largest absolute Gasteiger partial charge is 0.444 e. The minimum atomic E-state index is -0.631. The van der Waals surface area contributed by atoms with Gasteiger partial charge in [0, 0.05) is 0 Å². The second-order valence-electron chi connectivity index (χ2n) is 10.1. The van der Waals surface area contributed by atoms with E-state index in [1.54, 1.807) is 4.90 Å². The number of carbonyl (C=O) groups excluding carboxylic acids is 1. The fourth-order valence-corrected chi connectivity index (χ4v) is 4.09. The number of hydrogen-bond acceptors (Lipinski definition) is 3. The van der Waals surface area contributed by atoms with Crippen molar-refractivity contribution in [3.8, 4) is 0 Å². The van der Waals surface area contributed by atoms with Crippen molar-refractivity contribution in [1.82, 2.24) is 4.90 Å². The average molecular weight is 418 g/mol. The van der Waals surface area contributed by atoms with Gasteiger partial charge in [-0.3, -0.25) is 4.90 Å². The van der Waals surface area contributed by atoms with Gasteiger partial charge in [-0.15, -0.1) is 0 Å². The second kappa shape index (κ2) is 11.2. The van der Waals surface area contributed by atoms with Crippen LogP contribution in [-0.4, -0.2) is 35.0 Å². The summed E-state index contributed by atoms with van der Waals surface area (Å²) in [6.45, 7) is 12.4. The summed E-state index contributed by atoms with van der Waals surface area (Å²) >= 11 is 0. The number of carbonyl (C=O) groups is 1. The van der Waals surface area contributed by atoms with Crippen LogP contribution in [0.2, 0.25) is 0 Å². The predicted octanol–water partition coefficient (Wildman–Crippen LogP) is 6.89. The molecule has 1 unspecified atom stereocenters. The van der Waals surface area contributed by atoms with Gasteiger partial charge in [-0.25, -0.2) is 4.79 Å². The maximum absolute atomic E-state index is 12.8. The Morgan fingerprint density at radius 2 is 1.60 bits per heavy atom. The van der Waals surface area contributed by atoms with Crippen molar-refractivity contribution in [3.05, 3.63) is 35.4 Å². The van der Waals surface area contributed by atoms with Crippen molar-refractivity contribution in [1.29, 1.82) is 0 Å². The molecule has 1 aromatic carbocycles. The highest BCUT2D eigenvalue weighted by molar-refractivity contribution is 5.69. The van der Waals surface area contributed by atoms with Gasteiger partial charge in [0.15, 0.2) is 0 Å². The van der Waals surface area contributed by atoms with E-state index in [4.69, 9.17) is 9.47 Å². The minimum Gasteiger partial charge on any atom is -0.444 e. The van der Waals surface area contributed by atoms with E-state index in [1.165, 1.54) is 56.1 Å². The molecule has 0 N–H and O–H groups in total. The third-order valence-corrected chi connectivity index (χ3v) is 5.77. The zero-order valence-corrected chi connectivity index (χ0v) is 20.1. The quantitative estimate of drug-likeness (QED) is 0.389. The molecule has 0 radical (unpaired) electrons. The molecule has 1 aliphatic heterocycles. The van der Waals surface area contributed by atoms with Gasteiger partial charge in [0.2, 0.25) is 0 Å². The van der Waals surface area contributed by atoms with Gasteiger partial charge in [0.05, 0.1) is 12.6 Å². The van der Waals surface area contributed by atoms with E-state index < -0.39 is 11.3 Å². The lowest BCUT2D eigenvalue weighted by atomic mass is 10.0. The first-order valence-corrected chi connectivity index (χ1v) is 11.9. The van der Waals surface area contributed by atoms with Crippen LogP contribution in [0.3, 0.4) is 0 Å². The number of nitrogens with zero attached hydrogens (tertiary/aromatic N) is 1. The Hall–Kier alpha value is -1.55. The monoisotopic (exact) mass is 417 g/mol. The first-order chi connectivity index (χ1) is 14.1. The van der Waals surface area contributed by atoms with Crippen LogP contribution in [0.25, 0.3) is 0 Å². The molecule has 1 atom stereocenters. The minimum absolute atomic E-state index is 0.0395. The second-order valence-corrected chi connectivity index (χ2v) is 10.1. The van der Waals surface area contributed by atoms with Gasteiger partial charge in [0.1, 0.15) is 11.3 Å². The number of benzene rings is 1. The van der Waals surface area contributed by atoms with E-state index in [0.29, 0.717) is 6.61 Å². The van der Waals surface area contributed by atoms with Gasteiger partial charge in [0.25, 0.3) is 0 Å². The highest BCUT2D eigenvalue weighted by Gasteiger charge is 2.45. The summed E-state index contributed by atoms with van der Waals surface area (Å²) in [5, 5.41) is 0. The molecule has 30 heavy (non-hydrogen) atoms. The van der Waals surface area contributed by atoms with Gasteiger partial charge in [-0.2, -0.15) is 0 Å². The van der Waals surface area contributed by atoms with Crippen LogP contribution >= 0.6 is 0 Å². The van der Waals surface area contributed by atoms with Crippen molar-refractivity contribution >= 4 is 6.09 Å². The molecule has 0 aliphatic carbocycles. The van der Waals surface area contributed by atoms with Crippen LogP contribution in [0.4, 0.5) is 4.79 Å². The summed E-state index contributed by atoms with van der Waals surface area (Å²) in [6, 6.07) is 9.05. The van der Waals surface area contributed by atoms with Crippen LogP contribution in [-0.2, 0) is 22.3 Å². The van der Waals surface area contributed by atoms with E-state index >= 15 is 0 Å². The first-order valence-electron chi connectivity index (χ1n) is 11.9. The highest BCUT2D eigenvalue weighted by Crippen LogP contribution is 2.31. The smallest absolute Gasteiger partial charge is 0.412 e. The van der Waals surface area contributed by atoms with Crippen molar-refractivity contribution in [2.45, 2.75) is 117 Å². The van der Waals surface area contributed by atoms with Crippen molar-refractivity contribution in [3.63, 3.8) is 0 Å². The highest BCUT2D eigenvalue weighted by atomic mass is 16.6. The molecule has 4 heteroatoms. The molecule has 1 amide bonds. The van der Waals surface area contributed by atoms with Gasteiger partial charge < -0.3 is 9.47 Å². The van der Waals surface area contributed by atoms with E-state index in [0.717, 1.165) is 12.8 Å². The summed E-state index contributed by atoms with van der Waals surface area (Å²) in [6.07, 6.45) is 10.7. The van der Waals surface area contributed by atoms with Gasteiger partial charge in [-0.1, -0.05) is 63.3 Å². The molecule has 0 aromatic heterocycles. The average Bonchev–Trinajstić information content (AvgIpc) is 2.97. The van der Waals surface area contributed by atoms with E-state index in [1.807, 2.05) is 34.6 Å². The molecule has 1 aromatic rings. The van der Waals surface area contributed by atoms with Gasteiger partial charge >= 0.3 is 6.09 Å². The van der Waals surface area contributed by atoms with E-state index in [-0.39, 0.29) is 12.1 Å². The van der Waals surface area contributed by atoms with E-state index in [2.05, 4.69) is 31.2 Å². The van der Waals surface area contributed by atoms with Gasteiger partial charge in [-0.05, 0) is 71.4 Å². The Morgan fingerprint density at radius 3 is 2.20 bits per heavy atom. The lowest BCUT2D eigenvalue weighted by Gasteiger charge is -2.35. The fourth-order valence-electron chi connectivity index (χ4n) is 4.09. The molecule has 1 heterocycles. The maximum atomic E-state index is 12.8. The standard InChI is InChI=1S/C26H43NO3/c1-7-8-9-10-11-12-13-21-14-16-22(17-15-21)18-19-23-20-29-26(5,6)27(23)24(28)30-25(2,3)4/h14-17,23H,7-13,18-20H2,1-6H3. The lowest BCUT2D eigenvalue weighted by Crippen LogP contribution is -2.49. The Morgan fingerprint density at radius 1 is 1.03 bits per heavy atom. The molecule has 1 saturated heterocycles. The van der Waals surface area contributed by atoms with E-state index in [9.17, 15) is 4.79 Å². The molecule has 2 rings (SSSR count). The molecule has 1 fully saturated rings. The number of ether oxygens (including phenoxy) is 2. The summed E-state index contributed by atoms with van der Waals surface area (Å²) < 4.78 is 11.5. The van der Waals surface area contributed by atoms with Crippen molar-refractivity contribution in [2.24, 2.45) is 0 Å². The Balaban J connectivity index is 1.83. The van der Waals surface area contributed by atoms with Crippen LogP contribution in [0.15, 0.2) is 24.3 Å². The summed E-state index contributed by atoms with van der Waals surface area (Å²) in [4.78, 5) is 14.5. The summed E-state index contributed by atoms with van der Waals surface area (Å²) in [5.74, 6) is 0. The SMILES string of the molecule is CCCCCCCCc1ccc(CCC2COC(C)(C)N2C(=O)OC(C)(C)C)cc1. The normalized spacial score (nSPS) is 18.6. The summed E-state index contributed by atoms with van der Waals surface area (Å²) in [5.41, 5.74) is 1.60. The van der Waals surface area contributed by atoms with Crippen LogP contribution < -0.4 is 0 Å². The molecular formula is C26H43NO3. The molecule has 0 spiro atoms. The number of hydrogen-bond donors (Lipinski definition) is 0. The lowest BCUT2D eigenvalue weighted by molar-refractivity contribution is -0.0626. The molecule has 0 bridgehead atoms. The van der Waals surface area contributed by atoms with Crippen LogP contribution in [0.1, 0.15) is 97.6 Å². The van der Waals surface area contributed by atoms with Crippen molar-refractivity contribution < 1.29 is 14.3 Å². The zero-order valence-electron chi connectivity index (χ0n) is 20.1. The summed E-state index contributed by atoms with van der Waals surface area (Å²) in [7, 11) is 0. The third-order valence-electron chi connectivity index (χ3n) is 5.77. The van der Waals surface area contributed by atoms with Crippen molar-refractivity contribution in [2.75, 3.05) is 6.61 Å². The molecular weight excluding hydrogens is 374 g/mol. The number of unbranched alkanes of at least 4 members (excludes halogenated alkanes) is 5. The Kier molecular flexibility index (Phi) is 9.21.